The number of alkyl carbamates (subject to hydrolysis) is 1. The normalized spacial score (nSPS) is 12.6. The first-order valence-corrected chi connectivity index (χ1v) is 14.6. The highest BCUT2D eigenvalue weighted by Crippen LogP contribution is 2.32. The van der Waals surface area contributed by atoms with Gasteiger partial charge < -0.3 is 29.8 Å². The monoisotopic (exact) mass is 603 g/mol. The van der Waals surface area contributed by atoms with Gasteiger partial charge in [-0.25, -0.2) is 9.78 Å². The molecule has 1 fully saturated rings. The Bertz CT molecular complexity index is 1670. The SMILES string of the molecule is CCn1nc(C)cc1C(=O)Nc1nc2cc(C(N)=O)cc(OC)c2n1CCCNC(=O)OCc1ccccc1OCC1CC1. The van der Waals surface area contributed by atoms with Crippen molar-refractivity contribution in [2.24, 2.45) is 11.7 Å². The molecule has 4 aromatic rings. The van der Waals surface area contributed by atoms with Gasteiger partial charge in [0.1, 0.15) is 29.3 Å². The number of hydrogen-bond donors (Lipinski definition) is 3. The van der Waals surface area contributed by atoms with Gasteiger partial charge in [-0.15, -0.1) is 0 Å². The van der Waals surface area contributed by atoms with Crippen molar-refractivity contribution >= 4 is 34.9 Å². The summed E-state index contributed by atoms with van der Waals surface area (Å²) in [4.78, 5) is 42.3. The molecule has 1 aliphatic rings. The average Bonchev–Trinajstić information content (AvgIpc) is 3.67. The lowest BCUT2D eigenvalue weighted by Crippen LogP contribution is -2.26. The summed E-state index contributed by atoms with van der Waals surface area (Å²) >= 11 is 0. The predicted molar refractivity (Wildman–Crippen MR) is 163 cm³/mol. The zero-order valence-corrected chi connectivity index (χ0v) is 25.1. The van der Waals surface area contributed by atoms with Crippen LogP contribution in [0.5, 0.6) is 11.5 Å². The number of benzene rings is 2. The Morgan fingerprint density at radius 1 is 1.11 bits per heavy atom. The summed E-state index contributed by atoms with van der Waals surface area (Å²) in [7, 11) is 1.48. The van der Waals surface area contributed by atoms with Crippen molar-refractivity contribution < 1.29 is 28.6 Å². The van der Waals surface area contributed by atoms with Gasteiger partial charge in [0.05, 0.1) is 24.9 Å². The van der Waals surface area contributed by atoms with Crippen LogP contribution in [0, 0.1) is 12.8 Å². The number of hydrogen-bond acceptors (Lipinski definition) is 8. The van der Waals surface area contributed by atoms with Gasteiger partial charge in [0.25, 0.3) is 5.91 Å². The van der Waals surface area contributed by atoms with Gasteiger partial charge in [0.2, 0.25) is 11.9 Å². The van der Waals surface area contributed by atoms with Crippen molar-refractivity contribution in [2.45, 2.75) is 52.8 Å². The number of aromatic nitrogens is 4. The molecule has 232 valence electrons. The van der Waals surface area contributed by atoms with Gasteiger partial charge in [-0.3, -0.25) is 19.6 Å². The number of para-hydroxylation sites is 1. The van der Waals surface area contributed by atoms with Crippen LogP contribution in [0.1, 0.15) is 58.3 Å². The lowest BCUT2D eigenvalue weighted by atomic mass is 10.1. The highest BCUT2D eigenvalue weighted by molar-refractivity contribution is 6.04. The summed E-state index contributed by atoms with van der Waals surface area (Å²) < 4.78 is 20.3. The molecule has 1 saturated carbocycles. The maximum Gasteiger partial charge on any atom is 0.407 e. The first kappa shape index (κ1) is 30.4. The molecule has 0 radical (unpaired) electrons. The van der Waals surface area contributed by atoms with Gasteiger partial charge in [-0.1, -0.05) is 18.2 Å². The van der Waals surface area contributed by atoms with Crippen LogP contribution in [-0.4, -0.2) is 57.5 Å². The standard InChI is InChI=1S/C31H37N7O6/c1-4-38-24(14-19(2)36-38)29(40)35-30-34-23-15-22(28(32)39)16-26(42-3)27(23)37(30)13-7-12-33-31(41)44-18-21-8-5-6-9-25(21)43-17-20-10-11-20/h5-6,8-9,14-16,20H,4,7,10-13,17-18H2,1-3H3,(H2,32,39)(H,33,41)(H,34,35,40). The van der Waals surface area contributed by atoms with Crippen molar-refractivity contribution in [1.29, 1.82) is 0 Å². The number of methoxy groups -OCH3 is 1. The van der Waals surface area contributed by atoms with E-state index in [9.17, 15) is 14.4 Å². The number of nitrogens with two attached hydrogens (primary N) is 1. The fourth-order valence-corrected chi connectivity index (χ4v) is 4.85. The van der Waals surface area contributed by atoms with E-state index in [2.05, 4.69) is 20.7 Å². The van der Waals surface area contributed by atoms with Crippen LogP contribution in [0.15, 0.2) is 42.5 Å². The number of amides is 3. The molecule has 2 heterocycles. The van der Waals surface area contributed by atoms with Crippen LogP contribution < -0.4 is 25.8 Å². The number of carbonyl (C=O) groups excluding carboxylic acids is 3. The molecular formula is C31H37N7O6. The molecule has 3 amide bonds. The number of anilines is 1. The molecule has 44 heavy (non-hydrogen) atoms. The second kappa shape index (κ2) is 13.5. The topological polar surface area (TPSA) is 165 Å². The molecule has 2 aromatic heterocycles. The van der Waals surface area contributed by atoms with E-state index < -0.39 is 12.0 Å². The van der Waals surface area contributed by atoms with Gasteiger partial charge in [-0.05, 0) is 63.3 Å². The lowest BCUT2D eigenvalue weighted by molar-refractivity contribution is 0.0995. The Morgan fingerprint density at radius 2 is 1.91 bits per heavy atom. The van der Waals surface area contributed by atoms with Gasteiger partial charge in [0, 0.05) is 30.8 Å². The number of aryl methyl sites for hydroxylation is 3. The van der Waals surface area contributed by atoms with Crippen LogP contribution >= 0.6 is 0 Å². The van der Waals surface area contributed by atoms with Crippen LogP contribution in [0.3, 0.4) is 0 Å². The van der Waals surface area contributed by atoms with Crippen molar-refractivity contribution in [3.05, 3.63) is 65.0 Å². The molecule has 0 aliphatic heterocycles. The number of fused-ring (bicyclic) bond motifs is 1. The summed E-state index contributed by atoms with van der Waals surface area (Å²) in [6.45, 7) is 5.62. The van der Waals surface area contributed by atoms with Crippen molar-refractivity contribution in [3.8, 4) is 11.5 Å². The first-order valence-electron chi connectivity index (χ1n) is 14.6. The zero-order valence-electron chi connectivity index (χ0n) is 25.1. The van der Waals surface area contributed by atoms with Crippen molar-refractivity contribution in [3.63, 3.8) is 0 Å². The molecule has 4 N–H and O–H groups in total. The number of primary amides is 1. The summed E-state index contributed by atoms with van der Waals surface area (Å²) in [6, 6.07) is 12.3. The van der Waals surface area contributed by atoms with Gasteiger partial charge >= 0.3 is 6.09 Å². The van der Waals surface area contributed by atoms with E-state index in [0.29, 0.717) is 60.2 Å². The van der Waals surface area contributed by atoms with Crippen LogP contribution in [-0.2, 0) is 24.4 Å². The zero-order chi connectivity index (χ0) is 31.2. The maximum atomic E-state index is 13.3. The third-order valence-corrected chi connectivity index (χ3v) is 7.30. The van der Waals surface area contributed by atoms with E-state index in [1.54, 1.807) is 21.4 Å². The molecule has 0 atom stereocenters. The summed E-state index contributed by atoms with van der Waals surface area (Å²) in [5, 5.41) is 10.00. The number of ether oxygens (including phenoxy) is 3. The molecule has 0 unspecified atom stereocenters. The number of carbonyl (C=O) groups is 3. The minimum Gasteiger partial charge on any atom is -0.494 e. The third-order valence-electron chi connectivity index (χ3n) is 7.30. The lowest BCUT2D eigenvalue weighted by Gasteiger charge is -2.14. The van der Waals surface area contributed by atoms with E-state index in [4.69, 9.17) is 19.9 Å². The fourth-order valence-electron chi connectivity index (χ4n) is 4.85. The Morgan fingerprint density at radius 3 is 2.64 bits per heavy atom. The summed E-state index contributed by atoms with van der Waals surface area (Å²) in [5.74, 6) is 0.932. The van der Waals surface area contributed by atoms with Crippen LogP contribution in [0.2, 0.25) is 0 Å². The molecule has 2 aromatic carbocycles. The van der Waals surface area contributed by atoms with E-state index in [0.717, 1.165) is 11.3 Å². The second-order valence-electron chi connectivity index (χ2n) is 10.7. The van der Waals surface area contributed by atoms with Crippen LogP contribution in [0.25, 0.3) is 11.0 Å². The molecule has 13 heteroatoms. The number of nitrogens with one attached hydrogen (secondary N) is 2. The Hall–Kier alpha value is -5.07. The first-order chi connectivity index (χ1) is 21.3. The second-order valence-corrected chi connectivity index (χ2v) is 10.7. The molecule has 1 aliphatic carbocycles. The van der Waals surface area contributed by atoms with Crippen molar-refractivity contribution in [1.82, 2.24) is 24.6 Å². The minimum atomic E-state index is -0.632. The molecule has 0 bridgehead atoms. The average molecular weight is 604 g/mol. The van der Waals surface area contributed by atoms with E-state index in [-0.39, 0.29) is 30.6 Å². The summed E-state index contributed by atoms with van der Waals surface area (Å²) in [6.07, 6.45) is 2.29. The Kier molecular flexibility index (Phi) is 9.32. The van der Waals surface area contributed by atoms with E-state index >= 15 is 0 Å². The minimum absolute atomic E-state index is 0.0855. The Balaban J connectivity index is 1.26. The highest BCUT2D eigenvalue weighted by atomic mass is 16.5. The molecule has 13 nitrogen and oxygen atoms in total. The Labute approximate surface area is 254 Å². The maximum absolute atomic E-state index is 13.3. The smallest absolute Gasteiger partial charge is 0.407 e. The fraction of sp³-hybridized carbons (Fsp3) is 0.387. The molecule has 5 rings (SSSR count). The van der Waals surface area contributed by atoms with Gasteiger partial charge in [-0.2, -0.15) is 5.10 Å². The number of imidazole rings is 1. The molecular weight excluding hydrogens is 566 g/mol. The quantitative estimate of drug-likeness (QED) is 0.182. The van der Waals surface area contributed by atoms with Crippen LogP contribution in [0.4, 0.5) is 10.7 Å². The predicted octanol–water partition coefficient (Wildman–Crippen LogP) is 4.03. The van der Waals surface area contributed by atoms with E-state index in [1.165, 1.54) is 26.0 Å². The number of rotatable bonds is 14. The summed E-state index contributed by atoms with van der Waals surface area (Å²) in [5.41, 5.74) is 8.63. The highest BCUT2D eigenvalue weighted by Gasteiger charge is 2.23. The van der Waals surface area contributed by atoms with E-state index in [1.807, 2.05) is 38.1 Å². The largest absolute Gasteiger partial charge is 0.494 e. The van der Waals surface area contributed by atoms with Gasteiger partial charge in [0.15, 0.2) is 0 Å². The number of nitrogens with zero attached hydrogens (tertiary/aromatic N) is 4. The molecule has 0 saturated heterocycles. The molecule has 0 spiro atoms. The van der Waals surface area contributed by atoms with Crippen molar-refractivity contribution in [2.75, 3.05) is 25.6 Å². The third kappa shape index (κ3) is 7.10.